The number of rotatable bonds is 3. The van der Waals surface area contributed by atoms with Gasteiger partial charge in [-0.3, -0.25) is 9.80 Å². The summed E-state index contributed by atoms with van der Waals surface area (Å²) in [5.74, 6) is -1.87. The molecule has 0 radical (unpaired) electrons. The Labute approximate surface area is 99.8 Å². The SMILES string of the molecule is CC(C)N1CCN(CC(C#N)C(F)(F)F)CC1. The molecule has 0 amide bonds. The molecule has 1 saturated heterocycles. The zero-order valence-electron chi connectivity index (χ0n) is 10.2. The molecule has 1 rings (SSSR count). The Morgan fingerprint density at radius 1 is 1.18 bits per heavy atom. The third-order valence-corrected chi connectivity index (χ3v) is 3.13. The first-order valence-corrected chi connectivity index (χ1v) is 5.77. The second-order valence-electron chi connectivity index (χ2n) is 4.65. The van der Waals surface area contributed by atoms with E-state index in [9.17, 15) is 13.2 Å². The maximum atomic E-state index is 12.4. The molecule has 0 N–H and O–H groups in total. The first-order valence-electron chi connectivity index (χ1n) is 5.77. The van der Waals surface area contributed by atoms with E-state index in [-0.39, 0.29) is 6.54 Å². The third-order valence-electron chi connectivity index (χ3n) is 3.13. The van der Waals surface area contributed by atoms with Gasteiger partial charge in [-0.1, -0.05) is 0 Å². The summed E-state index contributed by atoms with van der Waals surface area (Å²) in [6.07, 6.45) is -4.41. The molecule has 98 valence electrons. The summed E-state index contributed by atoms with van der Waals surface area (Å²) in [7, 11) is 0. The summed E-state index contributed by atoms with van der Waals surface area (Å²) in [5.41, 5.74) is 0. The number of halogens is 3. The summed E-state index contributed by atoms with van der Waals surface area (Å²) in [4.78, 5) is 3.95. The monoisotopic (exact) mass is 249 g/mol. The molecule has 6 heteroatoms. The van der Waals surface area contributed by atoms with Crippen molar-refractivity contribution in [1.29, 1.82) is 5.26 Å². The van der Waals surface area contributed by atoms with Crippen LogP contribution in [0.5, 0.6) is 0 Å². The van der Waals surface area contributed by atoms with Gasteiger partial charge in [-0.15, -0.1) is 0 Å². The van der Waals surface area contributed by atoms with Crippen molar-refractivity contribution in [3.05, 3.63) is 0 Å². The standard InChI is InChI=1S/C11H18F3N3/c1-9(2)17-5-3-16(4-6-17)8-10(7-15)11(12,13)14/h9-10H,3-6,8H2,1-2H3. The molecule has 3 nitrogen and oxygen atoms in total. The van der Waals surface area contributed by atoms with E-state index in [0.29, 0.717) is 19.1 Å². The Kier molecular flexibility index (Phi) is 4.78. The smallest absolute Gasteiger partial charge is 0.299 e. The van der Waals surface area contributed by atoms with Crippen LogP contribution in [0.3, 0.4) is 0 Å². The van der Waals surface area contributed by atoms with Crippen LogP contribution in [-0.4, -0.2) is 54.7 Å². The van der Waals surface area contributed by atoms with E-state index in [0.717, 1.165) is 13.1 Å². The zero-order valence-corrected chi connectivity index (χ0v) is 10.2. The summed E-state index contributed by atoms with van der Waals surface area (Å²) in [6, 6.07) is 1.77. The predicted octanol–water partition coefficient (Wildman–Crippen LogP) is 1.71. The largest absolute Gasteiger partial charge is 0.405 e. The maximum absolute atomic E-state index is 12.4. The van der Waals surface area contributed by atoms with Crippen LogP contribution in [0.2, 0.25) is 0 Å². The number of nitrogens with zero attached hydrogens (tertiary/aromatic N) is 3. The Morgan fingerprint density at radius 3 is 2.06 bits per heavy atom. The van der Waals surface area contributed by atoms with Crippen molar-refractivity contribution < 1.29 is 13.2 Å². The lowest BCUT2D eigenvalue weighted by Gasteiger charge is -2.37. The van der Waals surface area contributed by atoms with E-state index < -0.39 is 12.1 Å². The molecule has 0 aromatic carbocycles. The van der Waals surface area contributed by atoms with Crippen LogP contribution in [0.25, 0.3) is 0 Å². The normalized spacial score (nSPS) is 21.5. The summed E-state index contributed by atoms with van der Waals surface area (Å²) in [5, 5.41) is 8.53. The van der Waals surface area contributed by atoms with Crippen molar-refractivity contribution in [2.45, 2.75) is 26.1 Å². The number of piperazine rings is 1. The van der Waals surface area contributed by atoms with Crippen LogP contribution in [0.4, 0.5) is 13.2 Å². The maximum Gasteiger partial charge on any atom is 0.405 e. The van der Waals surface area contributed by atoms with E-state index in [2.05, 4.69) is 18.7 Å². The van der Waals surface area contributed by atoms with Gasteiger partial charge in [0, 0.05) is 38.8 Å². The Balaban J connectivity index is 2.43. The van der Waals surface area contributed by atoms with Crippen LogP contribution in [0.15, 0.2) is 0 Å². The predicted molar refractivity (Wildman–Crippen MR) is 58.3 cm³/mol. The van der Waals surface area contributed by atoms with Crippen LogP contribution in [-0.2, 0) is 0 Å². The minimum atomic E-state index is -4.41. The zero-order chi connectivity index (χ0) is 13.1. The summed E-state index contributed by atoms with van der Waals surface area (Å²) >= 11 is 0. The van der Waals surface area contributed by atoms with Gasteiger partial charge in [0.15, 0.2) is 5.92 Å². The van der Waals surface area contributed by atoms with Crippen molar-refractivity contribution in [2.24, 2.45) is 5.92 Å². The summed E-state index contributed by atoms with van der Waals surface area (Å²) < 4.78 is 37.3. The van der Waals surface area contributed by atoms with E-state index in [1.807, 2.05) is 0 Å². The average molecular weight is 249 g/mol. The van der Waals surface area contributed by atoms with Gasteiger partial charge in [0.1, 0.15) is 0 Å². The highest BCUT2D eigenvalue weighted by Gasteiger charge is 2.41. The fraction of sp³-hybridized carbons (Fsp3) is 0.909. The Morgan fingerprint density at radius 2 is 1.71 bits per heavy atom. The molecule has 1 fully saturated rings. The van der Waals surface area contributed by atoms with Crippen molar-refractivity contribution in [3.8, 4) is 6.07 Å². The second kappa shape index (κ2) is 5.69. The molecule has 0 aromatic heterocycles. The number of alkyl halides is 3. The number of hydrogen-bond donors (Lipinski definition) is 0. The van der Waals surface area contributed by atoms with Gasteiger partial charge in [-0.05, 0) is 13.8 Å². The lowest BCUT2D eigenvalue weighted by atomic mass is 10.1. The Bertz CT molecular complexity index is 275. The molecule has 1 heterocycles. The first-order chi connectivity index (χ1) is 7.84. The molecule has 1 unspecified atom stereocenters. The third kappa shape index (κ3) is 4.17. The van der Waals surface area contributed by atoms with E-state index in [1.165, 1.54) is 6.07 Å². The van der Waals surface area contributed by atoms with Crippen molar-refractivity contribution >= 4 is 0 Å². The van der Waals surface area contributed by atoms with Crippen LogP contribution in [0, 0.1) is 17.2 Å². The van der Waals surface area contributed by atoms with Crippen LogP contribution in [0.1, 0.15) is 13.8 Å². The van der Waals surface area contributed by atoms with Gasteiger partial charge >= 0.3 is 6.18 Å². The van der Waals surface area contributed by atoms with Gasteiger partial charge in [0.25, 0.3) is 0 Å². The molecule has 1 atom stereocenters. The summed E-state index contributed by atoms with van der Waals surface area (Å²) in [6.45, 7) is 6.69. The number of nitriles is 1. The van der Waals surface area contributed by atoms with Crippen LogP contribution >= 0.6 is 0 Å². The molecule has 0 spiro atoms. The van der Waals surface area contributed by atoms with Gasteiger partial charge in [-0.25, -0.2) is 0 Å². The van der Waals surface area contributed by atoms with Gasteiger partial charge in [0.2, 0.25) is 0 Å². The lowest BCUT2D eigenvalue weighted by molar-refractivity contribution is -0.164. The van der Waals surface area contributed by atoms with Gasteiger partial charge in [0.05, 0.1) is 6.07 Å². The molecule has 0 saturated carbocycles. The molecule has 0 aliphatic carbocycles. The highest BCUT2D eigenvalue weighted by atomic mass is 19.4. The first kappa shape index (κ1) is 14.3. The van der Waals surface area contributed by atoms with Gasteiger partial charge in [-0.2, -0.15) is 18.4 Å². The molecule has 17 heavy (non-hydrogen) atoms. The fourth-order valence-corrected chi connectivity index (χ4v) is 1.94. The second-order valence-corrected chi connectivity index (χ2v) is 4.65. The molecular weight excluding hydrogens is 231 g/mol. The topological polar surface area (TPSA) is 30.3 Å². The van der Waals surface area contributed by atoms with Crippen molar-refractivity contribution in [2.75, 3.05) is 32.7 Å². The molecular formula is C11H18F3N3. The minimum Gasteiger partial charge on any atom is -0.299 e. The van der Waals surface area contributed by atoms with Crippen LogP contribution < -0.4 is 0 Å². The van der Waals surface area contributed by atoms with Crippen molar-refractivity contribution in [3.63, 3.8) is 0 Å². The highest BCUT2D eigenvalue weighted by Crippen LogP contribution is 2.26. The minimum absolute atomic E-state index is 0.202. The highest BCUT2D eigenvalue weighted by molar-refractivity contribution is 4.91. The fourth-order valence-electron chi connectivity index (χ4n) is 1.94. The van der Waals surface area contributed by atoms with E-state index >= 15 is 0 Å². The Hall–Kier alpha value is -0.800. The average Bonchev–Trinajstić information content (AvgIpc) is 2.24. The molecule has 0 bridgehead atoms. The van der Waals surface area contributed by atoms with Crippen molar-refractivity contribution in [1.82, 2.24) is 9.80 Å². The molecule has 0 aromatic rings. The van der Waals surface area contributed by atoms with E-state index in [1.54, 1.807) is 4.90 Å². The number of hydrogen-bond acceptors (Lipinski definition) is 3. The van der Waals surface area contributed by atoms with E-state index in [4.69, 9.17) is 5.26 Å². The van der Waals surface area contributed by atoms with Gasteiger partial charge < -0.3 is 0 Å². The molecule has 1 aliphatic heterocycles. The quantitative estimate of drug-likeness (QED) is 0.763. The lowest BCUT2D eigenvalue weighted by Crippen LogP contribution is -2.50. The molecule has 1 aliphatic rings.